The molecule has 1 atom stereocenters. The fraction of sp³-hybridized carbons (Fsp3) is 0.353. The smallest absolute Gasteiger partial charge is 0.255 e. The molecule has 1 saturated heterocycles. The van der Waals surface area contributed by atoms with Crippen LogP contribution in [0.4, 0.5) is 0 Å². The predicted molar refractivity (Wildman–Crippen MR) is 81.0 cm³/mol. The molecule has 2 heterocycles. The van der Waals surface area contributed by atoms with Crippen LogP contribution in [0, 0.1) is 0 Å². The third kappa shape index (κ3) is 3.52. The number of carbonyl (C=O) groups excluding carboxylic acids is 1. The van der Waals surface area contributed by atoms with Crippen LogP contribution in [-0.2, 0) is 0 Å². The van der Waals surface area contributed by atoms with Crippen molar-refractivity contribution in [3.63, 3.8) is 0 Å². The first kappa shape index (κ1) is 13.9. The highest BCUT2D eigenvalue weighted by molar-refractivity contribution is 5.94. The maximum absolute atomic E-state index is 12.3. The van der Waals surface area contributed by atoms with E-state index < -0.39 is 0 Å². The van der Waals surface area contributed by atoms with E-state index in [1.54, 1.807) is 6.07 Å². The molecule has 1 aromatic carbocycles. The van der Waals surface area contributed by atoms with Gasteiger partial charge >= 0.3 is 0 Å². The lowest BCUT2D eigenvalue weighted by molar-refractivity contribution is 0.0926. The lowest BCUT2D eigenvalue weighted by Crippen LogP contribution is -2.36. The van der Waals surface area contributed by atoms with E-state index in [0.717, 1.165) is 25.2 Å². The maximum Gasteiger partial charge on any atom is 0.255 e. The summed E-state index contributed by atoms with van der Waals surface area (Å²) in [4.78, 5) is 14.7. The Kier molecular flexibility index (Phi) is 4.36. The molecule has 0 saturated carbocycles. The Bertz CT molecular complexity index is 560. The van der Waals surface area contributed by atoms with Crippen molar-refractivity contribution >= 4 is 5.91 Å². The van der Waals surface area contributed by atoms with Gasteiger partial charge in [-0.1, -0.05) is 30.3 Å². The average Bonchev–Trinajstić information content (AvgIpc) is 3.21. The number of furan rings is 1. The monoisotopic (exact) mass is 284 g/mol. The van der Waals surface area contributed by atoms with E-state index in [1.807, 2.05) is 18.2 Å². The Morgan fingerprint density at radius 3 is 2.62 bits per heavy atom. The molecule has 2 aromatic rings. The number of nitrogens with one attached hydrogen (secondary N) is 1. The van der Waals surface area contributed by atoms with E-state index >= 15 is 0 Å². The fourth-order valence-corrected chi connectivity index (χ4v) is 2.78. The molecule has 1 aromatic heterocycles. The van der Waals surface area contributed by atoms with E-state index in [2.05, 4.69) is 22.3 Å². The van der Waals surface area contributed by atoms with Crippen LogP contribution < -0.4 is 5.32 Å². The van der Waals surface area contributed by atoms with Gasteiger partial charge in [0.1, 0.15) is 6.26 Å². The van der Waals surface area contributed by atoms with Crippen LogP contribution in [0.5, 0.6) is 0 Å². The molecule has 0 aliphatic carbocycles. The van der Waals surface area contributed by atoms with Crippen molar-refractivity contribution < 1.29 is 9.21 Å². The molecule has 1 N–H and O–H groups in total. The molecule has 1 amide bonds. The molecule has 110 valence electrons. The standard InChI is InChI=1S/C17H20N2O2/c20-17(15-8-11-21-13-15)18-16(12-19-9-4-5-10-19)14-6-2-1-3-7-14/h1-3,6-8,11,13,16H,4-5,9-10,12H2,(H,18,20). The SMILES string of the molecule is O=C(NC(CN1CCCC1)c1ccccc1)c1ccoc1. The number of rotatable bonds is 5. The highest BCUT2D eigenvalue weighted by atomic mass is 16.3. The fourth-order valence-electron chi connectivity index (χ4n) is 2.78. The van der Waals surface area contributed by atoms with Gasteiger partial charge in [0.15, 0.2) is 0 Å². The van der Waals surface area contributed by atoms with Gasteiger partial charge in [-0.2, -0.15) is 0 Å². The van der Waals surface area contributed by atoms with Crippen molar-refractivity contribution in [2.75, 3.05) is 19.6 Å². The molecule has 1 aliphatic heterocycles. The zero-order chi connectivity index (χ0) is 14.5. The Balaban J connectivity index is 1.73. The van der Waals surface area contributed by atoms with Crippen molar-refractivity contribution in [2.24, 2.45) is 0 Å². The molecular formula is C17H20N2O2. The highest BCUT2D eigenvalue weighted by Gasteiger charge is 2.21. The van der Waals surface area contributed by atoms with Crippen LogP contribution in [0.15, 0.2) is 53.3 Å². The summed E-state index contributed by atoms with van der Waals surface area (Å²) in [6, 6.07) is 11.8. The quantitative estimate of drug-likeness (QED) is 0.918. The summed E-state index contributed by atoms with van der Waals surface area (Å²) in [5, 5.41) is 3.12. The van der Waals surface area contributed by atoms with E-state index in [9.17, 15) is 4.79 Å². The van der Waals surface area contributed by atoms with Crippen LogP contribution >= 0.6 is 0 Å². The van der Waals surface area contributed by atoms with Gasteiger partial charge in [-0.05, 0) is 37.6 Å². The highest BCUT2D eigenvalue weighted by Crippen LogP contribution is 2.18. The summed E-state index contributed by atoms with van der Waals surface area (Å²) in [6.07, 6.45) is 5.49. The van der Waals surface area contributed by atoms with Crippen molar-refractivity contribution in [2.45, 2.75) is 18.9 Å². The Hall–Kier alpha value is -2.07. The zero-order valence-electron chi connectivity index (χ0n) is 12.0. The van der Waals surface area contributed by atoms with Crippen molar-refractivity contribution in [1.29, 1.82) is 0 Å². The van der Waals surface area contributed by atoms with Gasteiger partial charge < -0.3 is 14.6 Å². The first-order chi connectivity index (χ1) is 10.3. The van der Waals surface area contributed by atoms with Gasteiger partial charge in [0.2, 0.25) is 0 Å². The van der Waals surface area contributed by atoms with E-state index in [0.29, 0.717) is 5.56 Å². The van der Waals surface area contributed by atoms with Crippen LogP contribution in [-0.4, -0.2) is 30.4 Å². The average molecular weight is 284 g/mol. The number of nitrogens with zero attached hydrogens (tertiary/aromatic N) is 1. The summed E-state index contributed by atoms with van der Waals surface area (Å²) >= 11 is 0. The number of amides is 1. The van der Waals surface area contributed by atoms with Crippen LogP contribution in [0.1, 0.15) is 34.8 Å². The second-order valence-corrected chi connectivity index (χ2v) is 5.46. The molecule has 21 heavy (non-hydrogen) atoms. The third-order valence-corrected chi connectivity index (χ3v) is 3.93. The number of likely N-dealkylation sites (tertiary alicyclic amines) is 1. The summed E-state index contributed by atoms with van der Waals surface area (Å²) in [7, 11) is 0. The summed E-state index contributed by atoms with van der Waals surface area (Å²) in [5.74, 6) is -0.0863. The van der Waals surface area contributed by atoms with Gasteiger partial charge in [0, 0.05) is 6.54 Å². The number of hydrogen-bond donors (Lipinski definition) is 1. The Labute approximate surface area is 124 Å². The van der Waals surface area contributed by atoms with Crippen molar-refractivity contribution in [3.8, 4) is 0 Å². The molecule has 1 fully saturated rings. The van der Waals surface area contributed by atoms with Gasteiger partial charge in [-0.15, -0.1) is 0 Å². The lowest BCUT2D eigenvalue weighted by atomic mass is 10.1. The van der Waals surface area contributed by atoms with E-state index in [1.165, 1.54) is 25.4 Å². The Morgan fingerprint density at radius 2 is 1.95 bits per heavy atom. The second kappa shape index (κ2) is 6.59. The van der Waals surface area contributed by atoms with E-state index in [4.69, 9.17) is 4.42 Å². The normalized spacial score (nSPS) is 16.8. The first-order valence-corrected chi connectivity index (χ1v) is 7.43. The van der Waals surface area contributed by atoms with Gasteiger partial charge in [-0.25, -0.2) is 0 Å². The number of carbonyl (C=O) groups is 1. The first-order valence-electron chi connectivity index (χ1n) is 7.43. The van der Waals surface area contributed by atoms with Gasteiger partial charge in [0.05, 0.1) is 17.9 Å². The molecule has 0 spiro atoms. The zero-order valence-corrected chi connectivity index (χ0v) is 12.0. The molecule has 3 rings (SSSR count). The maximum atomic E-state index is 12.3. The molecule has 1 aliphatic rings. The second-order valence-electron chi connectivity index (χ2n) is 5.46. The predicted octanol–water partition coefficient (Wildman–Crippen LogP) is 2.85. The largest absolute Gasteiger partial charge is 0.472 e. The van der Waals surface area contributed by atoms with Crippen molar-refractivity contribution in [1.82, 2.24) is 10.2 Å². The molecule has 4 heteroatoms. The number of hydrogen-bond acceptors (Lipinski definition) is 3. The molecule has 0 radical (unpaired) electrons. The molecule has 4 nitrogen and oxygen atoms in total. The number of benzene rings is 1. The minimum atomic E-state index is -0.0863. The summed E-state index contributed by atoms with van der Waals surface area (Å²) in [6.45, 7) is 3.09. The molecule has 1 unspecified atom stereocenters. The molecular weight excluding hydrogens is 264 g/mol. The lowest BCUT2D eigenvalue weighted by Gasteiger charge is -2.24. The summed E-state index contributed by atoms with van der Waals surface area (Å²) < 4.78 is 4.99. The Morgan fingerprint density at radius 1 is 1.19 bits per heavy atom. The minimum absolute atomic E-state index is 0.00620. The minimum Gasteiger partial charge on any atom is -0.472 e. The topological polar surface area (TPSA) is 45.5 Å². The van der Waals surface area contributed by atoms with Crippen LogP contribution in [0.3, 0.4) is 0 Å². The van der Waals surface area contributed by atoms with Crippen molar-refractivity contribution in [3.05, 3.63) is 60.1 Å². The van der Waals surface area contributed by atoms with Gasteiger partial charge in [-0.3, -0.25) is 4.79 Å². The van der Waals surface area contributed by atoms with E-state index in [-0.39, 0.29) is 11.9 Å². The van der Waals surface area contributed by atoms with Gasteiger partial charge in [0.25, 0.3) is 5.91 Å². The van der Waals surface area contributed by atoms with Crippen LogP contribution in [0.2, 0.25) is 0 Å². The van der Waals surface area contributed by atoms with Crippen LogP contribution in [0.25, 0.3) is 0 Å². The molecule has 0 bridgehead atoms. The summed E-state index contributed by atoms with van der Waals surface area (Å²) in [5.41, 5.74) is 1.71. The third-order valence-electron chi connectivity index (χ3n) is 3.93.